The number of amides is 1. The third-order valence-corrected chi connectivity index (χ3v) is 4.90. The lowest BCUT2D eigenvalue weighted by Crippen LogP contribution is -2.28. The Hall–Kier alpha value is -1.65. The number of carbonyl (C=O) groups is 1. The van der Waals surface area contributed by atoms with Crippen LogP contribution in [0.5, 0.6) is 5.75 Å². The van der Waals surface area contributed by atoms with Crippen molar-refractivity contribution in [2.24, 2.45) is 0 Å². The molecule has 1 aliphatic heterocycles. The highest BCUT2D eigenvalue weighted by Crippen LogP contribution is 2.44. The third-order valence-electron chi connectivity index (χ3n) is 3.46. The largest absolute Gasteiger partial charge is 0.493 e. The maximum absolute atomic E-state index is 12.3. The quantitative estimate of drug-likeness (QED) is 0.824. The van der Waals surface area contributed by atoms with Gasteiger partial charge in [0.15, 0.2) is 0 Å². The first-order chi connectivity index (χ1) is 10.7. The summed E-state index contributed by atoms with van der Waals surface area (Å²) >= 11 is 7.56. The normalized spacial score (nSPS) is 17.8. The Labute approximate surface area is 139 Å². The number of thioether (sulfide) groups is 1. The predicted molar refractivity (Wildman–Crippen MR) is 91.7 cm³/mol. The van der Waals surface area contributed by atoms with E-state index in [0.29, 0.717) is 17.4 Å². The summed E-state index contributed by atoms with van der Waals surface area (Å²) in [5.74, 6) is 1.40. The lowest BCUT2D eigenvalue weighted by molar-refractivity contribution is -0.115. The van der Waals surface area contributed by atoms with Crippen LogP contribution in [-0.4, -0.2) is 18.3 Å². The molecule has 0 bridgehead atoms. The molecule has 5 heteroatoms. The highest BCUT2D eigenvalue weighted by molar-refractivity contribution is 8.00. The van der Waals surface area contributed by atoms with Gasteiger partial charge >= 0.3 is 0 Å². The minimum Gasteiger partial charge on any atom is -0.493 e. The molecular weight excluding hydrogens is 318 g/mol. The molecule has 1 fully saturated rings. The lowest BCUT2D eigenvalue weighted by atomic mass is 10.1. The van der Waals surface area contributed by atoms with Gasteiger partial charge in [-0.05, 0) is 37.3 Å². The van der Waals surface area contributed by atoms with Crippen LogP contribution in [0.4, 0.5) is 5.69 Å². The molecule has 0 radical (unpaired) electrons. The number of hydrogen-bond donors (Lipinski definition) is 0. The predicted octanol–water partition coefficient (Wildman–Crippen LogP) is 4.52. The monoisotopic (exact) mass is 333 g/mol. The van der Waals surface area contributed by atoms with E-state index in [-0.39, 0.29) is 11.3 Å². The number of anilines is 1. The van der Waals surface area contributed by atoms with Crippen molar-refractivity contribution in [3.8, 4) is 5.75 Å². The number of halogens is 1. The molecule has 0 unspecified atom stereocenters. The zero-order chi connectivity index (χ0) is 15.5. The van der Waals surface area contributed by atoms with E-state index in [9.17, 15) is 4.79 Å². The summed E-state index contributed by atoms with van der Waals surface area (Å²) < 4.78 is 5.72. The van der Waals surface area contributed by atoms with Gasteiger partial charge in [-0.3, -0.25) is 9.69 Å². The molecule has 114 valence electrons. The third kappa shape index (κ3) is 2.94. The van der Waals surface area contributed by atoms with Gasteiger partial charge < -0.3 is 4.74 Å². The van der Waals surface area contributed by atoms with Crippen molar-refractivity contribution in [2.75, 3.05) is 17.3 Å². The van der Waals surface area contributed by atoms with Crippen LogP contribution in [0, 0.1) is 0 Å². The zero-order valence-electron chi connectivity index (χ0n) is 12.2. The first kappa shape index (κ1) is 15.3. The zero-order valence-corrected chi connectivity index (χ0v) is 13.7. The standard InChI is InChI=1S/C17H16ClNO2S/c1-2-21-15-6-4-3-5-14(15)17-19(16(20)11-22-17)13-9-7-12(18)8-10-13/h3-10,17H,2,11H2,1H3/t17-/m0/s1. The molecule has 3 rings (SSSR count). The molecule has 0 N–H and O–H groups in total. The highest BCUT2D eigenvalue weighted by Gasteiger charge is 2.35. The first-order valence-corrected chi connectivity index (χ1v) is 8.54. The molecule has 0 saturated carbocycles. The molecule has 1 amide bonds. The van der Waals surface area contributed by atoms with E-state index in [1.54, 1.807) is 23.9 Å². The lowest BCUT2D eigenvalue weighted by Gasteiger charge is -2.25. The Bertz CT molecular complexity index is 675. The maximum Gasteiger partial charge on any atom is 0.238 e. The van der Waals surface area contributed by atoms with E-state index in [2.05, 4.69) is 0 Å². The Balaban J connectivity index is 1.99. The van der Waals surface area contributed by atoms with Crippen molar-refractivity contribution in [1.82, 2.24) is 0 Å². The minimum atomic E-state index is -0.0728. The first-order valence-electron chi connectivity index (χ1n) is 7.11. The van der Waals surface area contributed by atoms with Crippen LogP contribution in [0.3, 0.4) is 0 Å². The van der Waals surface area contributed by atoms with Crippen molar-refractivity contribution in [3.63, 3.8) is 0 Å². The Morgan fingerprint density at radius 3 is 2.68 bits per heavy atom. The van der Waals surface area contributed by atoms with Crippen LogP contribution in [-0.2, 0) is 4.79 Å². The molecule has 1 saturated heterocycles. The summed E-state index contributed by atoms with van der Waals surface area (Å²) in [6.07, 6.45) is 0. The van der Waals surface area contributed by atoms with Crippen LogP contribution >= 0.6 is 23.4 Å². The minimum absolute atomic E-state index is 0.0728. The van der Waals surface area contributed by atoms with Crippen molar-refractivity contribution < 1.29 is 9.53 Å². The van der Waals surface area contributed by atoms with E-state index in [1.807, 2.05) is 48.2 Å². The molecule has 1 atom stereocenters. The van der Waals surface area contributed by atoms with Crippen LogP contribution in [0.25, 0.3) is 0 Å². The van der Waals surface area contributed by atoms with E-state index < -0.39 is 0 Å². The number of rotatable bonds is 4. The van der Waals surface area contributed by atoms with Crippen LogP contribution in [0.2, 0.25) is 5.02 Å². The topological polar surface area (TPSA) is 29.5 Å². The Morgan fingerprint density at radius 1 is 1.23 bits per heavy atom. The number of ether oxygens (including phenoxy) is 1. The average molecular weight is 334 g/mol. The summed E-state index contributed by atoms with van der Waals surface area (Å²) in [4.78, 5) is 14.2. The van der Waals surface area contributed by atoms with Crippen molar-refractivity contribution in [2.45, 2.75) is 12.3 Å². The van der Waals surface area contributed by atoms with Gasteiger partial charge in [0.2, 0.25) is 5.91 Å². The molecule has 1 heterocycles. The fourth-order valence-electron chi connectivity index (χ4n) is 2.51. The van der Waals surface area contributed by atoms with Gasteiger partial charge in [0.25, 0.3) is 0 Å². The van der Waals surface area contributed by atoms with E-state index >= 15 is 0 Å². The average Bonchev–Trinajstić information content (AvgIpc) is 2.91. The summed E-state index contributed by atoms with van der Waals surface area (Å²) in [5, 5.41) is 0.589. The fraction of sp³-hybridized carbons (Fsp3) is 0.235. The molecule has 1 aliphatic rings. The number of benzene rings is 2. The highest BCUT2D eigenvalue weighted by atomic mass is 35.5. The fourth-order valence-corrected chi connectivity index (χ4v) is 3.83. The number of para-hydroxylation sites is 1. The van der Waals surface area contributed by atoms with Gasteiger partial charge in [-0.15, -0.1) is 11.8 Å². The number of hydrogen-bond acceptors (Lipinski definition) is 3. The van der Waals surface area contributed by atoms with Gasteiger partial charge in [-0.1, -0.05) is 29.8 Å². The van der Waals surface area contributed by atoms with E-state index in [1.165, 1.54) is 0 Å². The molecule has 2 aromatic carbocycles. The summed E-state index contributed by atoms with van der Waals surface area (Å²) in [6.45, 7) is 2.56. The van der Waals surface area contributed by atoms with Gasteiger partial charge in [0.05, 0.1) is 12.4 Å². The van der Waals surface area contributed by atoms with Crippen molar-refractivity contribution in [1.29, 1.82) is 0 Å². The molecule has 2 aromatic rings. The molecule has 3 nitrogen and oxygen atoms in total. The van der Waals surface area contributed by atoms with Crippen molar-refractivity contribution >= 4 is 35.0 Å². The summed E-state index contributed by atoms with van der Waals surface area (Å²) in [5.41, 5.74) is 1.88. The van der Waals surface area contributed by atoms with Gasteiger partial charge in [-0.2, -0.15) is 0 Å². The maximum atomic E-state index is 12.3. The molecular formula is C17H16ClNO2S. The summed E-state index contributed by atoms with van der Waals surface area (Å²) in [7, 11) is 0. The van der Waals surface area contributed by atoms with Gasteiger partial charge in [0.1, 0.15) is 11.1 Å². The molecule has 0 spiro atoms. The Morgan fingerprint density at radius 2 is 1.95 bits per heavy atom. The second-order valence-corrected chi connectivity index (χ2v) is 6.38. The summed E-state index contributed by atoms with van der Waals surface area (Å²) in [6, 6.07) is 15.2. The van der Waals surface area contributed by atoms with Crippen LogP contribution in [0.15, 0.2) is 48.5 Å². The molecule has 0 aromatic heterocycles. The van der Waals surface area contributed by atoms with Gasteiger partial charge in [0, 0.05) is 16.3 Å². The van der Waals surface area contributed by atoms with E-state index in [4.69, 9.17) is 16.3 Å². The molecule has 22 heavy (non-hydrogen) atoms. The second kappa shape index (κ2) is 6.63. The second-order valence-electron chi connectivity index (χ2n) is 4.87. The Kier molecular flexibility index (Phi) is 4.60. The van der Waals surface area contributed by atoms with E-state index in [0.717, 1.165) is 17.0 Å². The van der Waals surface area contributed by atoms with Crippen LogP contribution in [0.1, 0.15) is 17.9 Å². The van der Waals surface area contributed by atoms with Gasteiger partial charge in [-0.25, -0.2) is 0 Å². The smallest absolute Gasteiger partial charge is 0.238 e. The number of nitrogens with zero attached hydrogens (tertiary/aromatic N) is 1. The van der Waals surface area contributed by atoms with Crippen molar-refractivity contribution in [3.05, 3.63) is 59.1 Å². The van der Waals surface area contributed by atoms with Crippen LogP contribution < -0.4 is 9.64 Å². The number of carbonyl (C=O) groups excluding carboxylic acids is 1. The molecule has 0 aliphatic carbocycles. The SMILES string of the molecule is CCOc1ccccc1[C@@H]1SCC(=O)N1c1ccc(Cl)cc1.